The molecule has 0 aliphatic carbocycles. The highest BCUT2D eigenvalue weighted by molar-refractivity contribution is 9.11. The Morgan fingerprint density at radius 2 is 2.45 bits per heavy atom. The summed E-state index contributed by atoms with van der Waals surface area (Å²) in [6, 6.07) is 3.54. The molecule has 0 unspecified atom stereocenters. The highest BCUT2D eigenvalue weighted by Crippen LogP contribution is 2.21. The standard InChI is InChI=1S/C6H6BrNO2S/c1-10-8-6(9)4-2-3-5(7)11-4/h2-3H,1H3,(H,8,9). The van der Waals surface area contributed by atoms with E-state index in [1.807, 2.05) is 6.07 Å². The van der Waals surface area contributed by atoms with E-state index in [9.17, 15) is 4.79 Å². The molecule has 1 rings (SSSR count). The zero-order chi connectivity index (χ0) is 8.27. The third kappa shape index (κ3) is 2.28. The number of nitrogens with one attached hydrogen (secondary N) is 1. The fourth-order valence-corrected chi connectivity index (χ4v) is 1.85. The molecule has 1 heterocycles. The highest BCUT2D eigenvalue weighted by atomic mass is 79.9. The van der Waals surface area contributed by atoms with Gasteiger partial charge in [0.15, 0.2) is 0 Å². The summed E-state index contributed by atoms with van der Waals surface area (Å²) in [6.45, 7) is 0. The van der Waals surface area contributed by atoms with Gasteiger partial charge in [0, 0.05) is 0 Å². The number of amides is 1. The quantitative estimate of drug-likeness (QED) is 0.795. The van der Waals surface area contributed by atoms with Crippen LogP contribution in [0.3, 0.4) is 0 Å². The maximum atomic E-state index is 11.0. The van der Waals surface area contributed by atoms with Crippen LogP contribution in [0.5, 0.6) is 0 Å². The van der Waals surface area contributed by atoms with Gasteiger partial charge in [-0.2, -0.15) is 0 Å². The first-order valence-corrected chi connectivity index (χ1v) is 4.43. The molecular weight excluding hydrogens is 230 g/mol. The molecule has 1 amide bonds. The second-order valence-corrected chi connectivity index (χ2v) is 4.20. The summed E-state index contributed by atoms with van der Waals surface area (Å²) >= 11 is 4.61. The molecule has 60 valence electrons. The Morgan fingerprint density at radius 1 is 1.73 bits per heavy atom. The number of rotatable bonds is 2. The van der Waals surface area contributed by atoms with Crippen molar-refractivity contribution in [2.75, 3.05) is 7.11 Å². The molecule has 0 aliphatic rings. The number of carbonyl (C=O) groups is 1. The van der Waals surface area contributed by atoms with E-state index in [-0.39, 0.29) is 5.91 Å². The van der Waals surface area contributed by atoms with Gasteiger partial charge in [0.1, 0.15) is 0 Å². The number of hydrogen-bond donors (Lipinski definition) is 1. The number of hydroxylamine groups is 1. The maximum absolute atomic E-state index is 11.0. The highest BCUT2D eigenvalue weighted by Gasteiger charge is 2.06. The van der Waals surface area contributed by atoms with Crippen LogP contribution < -0.4 is 5.48 Å². The third-order valence-electron chi connectivity index (χ3n) is 0.992. The van der Waals surface area contributed by atoms with Gasteiger partial charge in [0.05, 0.1) is 15.8 Å². The van der Waals surface area contributed by atoms with E-state index in [1.54, 1.807) is 6.07 Å². The molecule has 0 spiro atoms. The van der Waals surface area contributed by atoms with Crippen LogP contribution in [0, 0.1) is 0 Å². The number of thiophene rings is 1. The zero-order valence-electron chi connectivity index (χ0n) is 5.76. The molecule has 0 radical (unpaired) electrons. The lowest BCUT2D eigenvalue weighted by Crippen LogP contribution is -2.20. The van der Waals surface area contributed by atoms with Crippen LogP contribution in [0.4, 0.5) is 0 Å². The molecule has 0 bridgehead atoms. The van der Waals surface area contributed by atoms with Gasteiger partial charge in [-0.15, -0.1) is 11.3 Å². The van der Waals surface area contributed by atoms with Gasteiger partial charge < -0.3 is 0 Å². The van der Waals surface area contributed by atoms with E-state index in [4.69, 9.17) is 0 Å². The van der Waals surface area contributed by atoms with Crippen molar-refractivity contribution < 1.29 is 9.63 Å². The van der Waals surface area contributed by atoms with Crippen LogP contribution >= 0.6 is 27.3 Å². The Bertz CT molecular complexity index is 261. The Hall–Kier alpha value is -0.390. The van der Waals surface area contributed by atoms with Crippen LogP contribution in [0.1, 0.15) is 9.67 Å². The van der Waals surface area contributed by atoms with Crippen molar-refractivity contribution in [1.82, 2.24) is 5.48 Å². The second-order valence-electron chi connectivity index (χ2n) is 1.74. The molecule has 0 saturated heterocycles. The Labute approximate surface area is 76.4 Å². The van der Waals surface area contributed by atoms with Crippen LogP contribution in [0.2, 0.25) is 0 Å². The van der Waals surface area contributed by atoms with Gasteiger partial charge in [0.25, 0.3) is 5.91 Å². The molecule has 0 atom stereocenters. The number of carbonyl (C=O) groups excluding carboxylic acids is 1. The van der Waals surface area contributed by atoms with Gasteiger partial charge in [-0.1, -0.05) is 0 Å². The first-order valence-electron chi connectivity index (χ1n) is 2.82. The first-order chi connectivity index (χ1) is 5.24. The minimum atomic E-state index is -0.219. The molecule has 11 heavy (non-hydrogen) atoms. The molecule has 0 fully saturated rings. The first kappa shape index (κ1) is 8.70. The summed E-state index contributed by atoms with van der Waals surface area (Å²) < 4.78 is 0.929. The molecule has 1 aromatic heterocycles. The van der Waals surface area contributed by atoms with Gasteiger partial charge in [-0.05, 0) is 28.1 Å². The predicted octanol–water partition coefficient (Wildman–Crippen LogP) is 1.80. The van der Waals surface area contributed by atoms with Crippen molar-refractivity contribution in [3.8, 4) is 0 Å². The van der Waals surface area contributed by atoms with E-state index >= 15 is 0 Å². The van der Waals surface area contributed by atoms with E-state index < -0.39 is 0 Å². The van der Waals surface area contributed by atoms with E-state index in [0.717, 1.165) is 3.79 Å². The molecule has 0 saturated carbocycles. The van der Waals surface area contributed by atoms with Crippen LogP contribution in [0.25, 0.3) is 0 Å². The number of halogens is 1. The van der Waals surface area contributed by atoms with Gasteiger partial charge in [-0.25, -0.2) is 5.48 Å². The lowest BCUT2D eigenvalue weighted by atomic mass is 10.5. The van der Waals surface area contributed by atoms with Crippen molar-refractivity contribution in [3.05, 3.63) is 20.8 Å². The van der Waals surface area contributed by atoms with Gasteiger partial charge in [-0.3, -0.25) is 9.63 Å². The van der Waals surface area contributed by atoms with Crippen LogP contribution in [-0.4, -0.2) is 13.0 Å². The SMILES string of the molecule is CONC(=O)c1ccc(Br)s1. The zero-order valence-corrected chi connectivity index (χ0v) is 8.16. The average Bonchev–Trinajstić information content (AvgIpc) is 2.36. The van der Waals surface area contributed by atoms with Crippen LogP contribution in [0.15, 0.2) is 15.9 Å². The third-order valence-corrected chi connectivity index (χ3v) is 2.61. The lowest BCUT2D eigenvalue weighted by molar-refractivity contribution is 0.0542. The van der Waals surface area contributed by atoms with Gasteiger partial charge >= 0.3 is 0 Å². The molecule has 0 aromatic carbocycles. The summed E-state index contributed by atoms with van der Waals surface area (Å²) in [5.41, 5.74) is 2.23. The average molecular weight is 236 g/mol. The van der Waals surface area contributed by atoms with Crippen molar-refractivity contribution in [2.45, 2.75) is 0 Å². The molecular formula is C6H6BrNO2S. The lowest BCUT2D eigenvalue weighted by Gasteiger charge is -1.96. The predicted molar refractivity (Wildman–Crippen MR) is 46.5 cm³/mol. The normalized spacial score (nSPS) is 9.64. The molecule has 1 N–H and O–H groups in total. The minimum absolute atomic E-state index is 0.219. The molecule has 5 heteroatoms. The Morgan fingerprint density at radius 3 is 2.91 bits per heavy atom. The molecule has 3 nitrogen and oxygen atoms in total. The largest absolute Gasteiger partial charge is 0.284 e. The Kier molecular flexibility index (Phi) is 3.04. The molecule has 0 aliphatic heterocycles. The topological polar surface area (TPSA) is 38.3 Å². The van der Waals surface area contributed by atoms with Crippen molar-refractivity contribution in [2.24, 2.45) is 0 Å². The summed E-state index contributed by atoms with van der Waals surface area (Å²) in [4.78, 5) is 16.1. The fourth-order valence-electron chi connectivity index (χ4n) is 0.579. The minimum Gasteiger partial charge on any atom is -0.277 e. The van der Waals surface area contributed by atoms with Gasteiger partial charge in [0.2, 0.25) is 0 Å². The Balaban J connectivity index is 2.69. The summed E-state index contributed by atoms with van der Waals surface area (Å²) in [5.74, 6) is -0.219. The van der Waals surface area contributed by atoms with Crippen molar-refractivity contribution >= 4 is 33.2 Å². The smallest absolute Gasteiger partial charge is 0.277 e. The number of hydrogen-bond acceptors (Lipinski definition) is 3. The second kappa shape index (κ2) is 3.85. The van der Waals surface area contributed by atoms with Crippen LogP contribution in [-0.2, 0) is 4.84 Å². The van der Waals surface area contributed by atoms with E-state index in [2.05, 4.69) is 26.2 Å². The summed E-state index contributed by atoms with van der Waals surface area (Å²) in [5, 5.41) is 0. The monoisotopic (exact) mass is 235 g/mol. The van der Waals surface area contributed by atoms with Crippen molar-refractivity contribution in [3.63, 3.8) is 0 Å². The summed E-state index contributed by atoms with van der Waals surface area (Å²) in [7, 11) is 1.40. The van der Waals surface area contributed by atoms with E-state index in [1.165, 1.54) is 18.4 Å². The van der Waals surface area contributed by atoms with Crippen molar-refractivity contribution in [1.29, 1.82) is 0 Å². The molecule has 1 aromatic rings. The fraction of sp³-hybridized carbons (Fsp3) is 0.167. The van der Waals surface area contributed by atoms with E-state index in [0.29, 0.717) is 4.88 Å². The summed E-state index contributed by atoms with van der Waals surface area (Å²) in [6.07, 6.45) is 0. The maximum Gasteiger partial charge on any atom is 0.284 e.